The van der Waals surface area contributed by atoms with Gasteiger partial charge in [-0.05, 0) is 104 Å². The van der Waals surface area contributed by atoms with E-state index in [4.69, 9.17) is 14.2 Å². The minimum Gasteiger partial charge on any atom is -0.460 e. The first-order valence-electron chi connectivity index (χ1n) is 18.5. The topological polar surface area (TPSA) is 147 Å². The minimum absolute atomic E-state index is 0.0285. The van der Waals surface area contributed by atoms with E-state index in [2.05, 4.69) is 19.9 Å². The van der Waals surface area contributed by atoms with Gasteiger partial charge in [0, 0.05) is 5.56 Å². The maximum atomic E-state index is 13.2. The number of fused-ring (bicyclic) bond motifs is 2. The Bertz CT molecular complexity index is 2000. The number of allylic oxidation sites excluding steroid dienone is 2. The molecule has 3 unspecified atom stereocenters. The van der Waals surface area contributed by atoms with Crippen molar-refractivity contribution < 1.29 is 45.4 Å². The van der Waals surface area contributed by atoms with Gasteiger partial charge in [-0.1, -0.05) is 64.5 Å². The van der Waals surface area contributed by atoms with E-state index in [1.165, 1.54) is 66.7 Å². The van der Waals surface area contributed by atoms with E-state index in [1.807, 2.05) is 6.08 Å². The molecule has 284 valence electrons. The molecule has 0 aromatic heterocycles. The fourth-order valence-corrected chi connectivity index (χ4v) is 9.48. The number of hydrogen-bond donors (Lipinski definition) is 0. The molecule has 5 rings (SSSR count). The maximum Gasteiger partial charge on any atom is 0.343 e. The minimum atomic E-state index is -3.50. The molecule has 1 saturated carbocycles. The van der Waals surface area contributed by atoms with Gasteiger partial charge in [-0.3, -0.25) is 4.79 Å². The summed E-state index contributed by atoms with van der Waals surface area (Å²) in [7, 11) is -6.98. The van der Waals surface area contributed by atoms with Crippen LogP contribution in [0.3, 0.4) is 0 Å². The number of ether oxygens (including phenoxy) is 3. The zero-order valence-corrected chi connectivity index (χ0v) is 32.0. The first kappa shape index (κ1) is 39.9. The Morgan fingerprint density at radius 2 is 1.19 bits per heavy atom. The Morgan fingerprint density at radius 3 is 1.68 bits per heavy atom. The molecule has 3 aromatic rings. The van der Waals surface area contributed by atoms with E-state index < -0.39 is 31.6 Å². The standard InChI is InChI=1S/C41H48O10S2/c1-3-5-7-9-23-52(45,46)35-18-13-30(14-19-35)39(42)50-34-17-22-38(33(27-34)28-49-41(44)37-26-29-11-12-32(37)25-29)51-40(43)31-15-20-36(21-16-31)53(47,48)24-10-8-6-4-2/h11-22,27,29,32,37H,3-10,23-26,28H2,1-2H3. The van der Waals surface area contributed by atoms with Crippen molar-refractivity contribution in [2.24, 2.45) is 17.8 Å². The third-order valence-corrected chi connectivity index (χ3v) is 13.5. The summed E-state index contributed by atoms with van der Waals surface area (Å²) in [5, 5.41) is 0. The largest absolute Gasteiger partial charge is 0.460 e. The van der Waals surface area contributed by atoms with Crippen molar-refractivity contribution in [3.63, 3.8) is 0 Å². The summed E-state index contributed by atoms with van der Waals surface area (Å²) < 4.78 is 68.0. The van der Waals surface area contributed by atoms with Crippen molar-refractivity contribution >= 4 is 37.6 Å². The van der Waals surface area contributed by atoms with Crippen LogP contribution in [0.1, 0.15) is 104 Å². The molecule has 0 heterocycles. The smallest absolute Gasteiger partial charge is 0.343 e. The highest BCUT2D eigenvalue weighted by Gasteiger charge is 2.40. The average molecular weight is 765 g/mol. The molecule has 12 heteroatoms. The second kappa shape index (κ2) is 18.2. The number of carbonyl (C=O) groups is 3. The summed E-state index contributed by atoms with van der Waals surface area (Å²) in [4.78, 5) is 39.6. The summed E-state index contributed by atoms with van der Waals surface area (Å²) in [5.74, 6) is -1.42. The molecule has 3 atom stereocenters. The van der Waals surface area contributed by atoms with Crippen LogP contribution in [-0.4, -0.2) is 46.2 Å². The number of sulfone groups is 2. The van der Waals surface area contributed by atoms with Crippen LogP contribution < -0.4 is 9.47 Å². The number of rotatable bonds is 19. The Hall–Kier alpha value is -4.29. The fourth-order valence-electron chi connectivity index (χ4n) is 6.73. The van der Waals surface area contributed by atoms with Gasteiger partial charge in [-0.25, -0.2) is 26.4 Å². The summed E-state index contributed by atoms with van der Waals surface area (Å²) in [5.41, 5.74) is 0.522. The van der Waals surface area contributed by atoms with Gasteiger partial charge in [0.25, 0.3) is 0 Å². The third kappa shape index (κ3) is 10.7. The van der Waals surface area contributed by atoms with Crippen molar-refractivity contribution in [3.8, 4) is 11.5 Å². The Balaban J connectivity index is 1.28. The van der Waals surface area contributed by atoms with E-state index in [0.29, 0.717) is 25.2 Å². The average Bonchev–Trinajstić information content (AvgIpc) is 3.80. The third-order valence-electron chi connectivity index (χ3n) is 9.83. The summed E-state index contributed by atoms with van der Waals surface area (Å²) in [6.45, 7) is 3.85. The second-order valence-corrected chi connectivity index (χ2v) is 18.1. The molecule has 2 aliphatic carbocycles. The molecule has 0 aliphatic heterocycles. The monoisotopic (exact) mass is 764 g/mol. The lowest BCUT2D eigenvalue weighted by atomic mass is 9.94. The van der Waals surface area contributed by atoms with Gasteiger partial charge in [0.05, 0.1) is 38.3 Å². The molecule has 2 bridgehead atoms. The summed E-state index contributed by atoms with van der Waals surface area (Å²) in [6.07, 6.45) is 12.5. The molecule has 0 spiro atoms. The first-order chi connectivity index (χ1) is 25.4. The van der Waals surface area contributed by atoms with Gasteiger partial charge in [-0.2, -0.15) is 0 Å². The predicted octanol–water partition coefficient (Wildman–Crippen LogP) is 8.09. The number of benzene rings is 3. The van der Waals surface area contributed by atoms with Gasteiger partial charge in [0.2, 0.25) is 0 Å². The number of hydrogen-bond acceptors (Lipinski definition) is 10. The highest BCUT2D eigenvalue weighted by Crippen LogP contribution is 2.44. The molecular formula is C41H48O10S2. The number of esters is 3. The summed E-state index contributed by atoms with van der Waals surface area (Å²) in [6, 6.07) is 15.4. The number of carbonyl (C=O) groups excluding carboxylic acids is 3. The van der Waals surface area contributed by atoms with Crippen molar-refractivity contribution in [3.05, 3.63) is 95.6 Å². The molecule has 10 nitrogen and oxygen atoms in total. The molecule has 53 heavy (non-hydrogen) atoms. The lowest BCUT2D eigenvalue weighted by Gasteiger charge is -2.18. The van der Waals surface area contributed by atoms with Crippen LogP contribution in [0.15, 0.2) is 88.7 Å². The molecule has 0 amide bonds. The number of unbranched alkanes of at least 4 members (excludes halogenated alkanes) is 6. The maximum absolute atomic E-state index is 13.2. The normalized spacial score (nSPS) is 17.8. The molecule has 3 aromatic carbocycles. The van der Waals surface area contributed by atoms with Gasteiger partial charge in [0.1, 0.15) is 18.1 Å². The van der Waals surface area contributed by atoms with Crippen LogP contribution in [0, 0.1) is 17.8 Å². The summed E-state index contributed by atoms with van der Waals surface area (Å²) >= 11 is 0. The van der Waals surface area contributed by atoms with E-state index in [1.54, 1.807) is 0 Å². The zero-order chi connectivity index (χ0) is 38.0. The highest BCUT2D eigenvalue weighted by molar-refractivity contribution is 7.91. The highest BCUT2D eigenvalue weighted by atomic mass is 32.2. The van der Waals surface area contributed by atoms with Crippen LogP contribution >= 0.6 is 0 Å². The first-order valence-corrected chi connectivity index (χ1v) is 21.8. The molecular weight excluding hydrogens is 717 g/mol. The van der Waals surface area contributed by atoms with Crippen molar-refractivity contribution in [1.82, 2.24) is 0 Å². The Labute approximate surface area is 312 Å². The van der Waals surface area contributed by atoms with Gasteiger partial charge >= 0.3 is 17.9 Å². The van der Waals surface area contributed by atoms with E-state index >= 15 is 0 Å². The zero-order valence-electron chi connectivity index (χ0n) is 30.3. The van der Waals surface area contributed by atoms with Crippen LogP contribution in [0.5, 0.6) is 11.5 Å². The van der Waals surface area contributed by atoms with E-state index in [-0.39, 0.29) is 73.9 Å². The quantitative estimate of drug-likeness (QED) is 0.0508. The molecule has 0 saturated heterocycles. The predicted molar refractivity (Wildman–Crippen MR) is 200 cm³/mol. The molecule has 0 radical (unpaired) electrons. The molecule has 1 fully saturated rings. The molecule has 0 N–H and O–H groups in total. The van der Waals surface area contributed by atoms with E-state index in [9.17, 15) is 31.2 Å². The Morgan fingerprint density at radius 1 is 0.642 bits per heavy atom. The Kier molecular flexibility index (Phi) is 13.7. The second-order valence-electron chi connectivity index (χ2n) is 13.9. The lowest BCUT2D eigenvalue weighted by Crippen LogP contribution is -2.21. The van der Waals surface area contributed by atoms with Crippen molar-refractivity contribution in [1.29, 1.82) is 0 Å². The lowest BCUT2D eigenvalue weighted by molar-refractivity contribution is -0.150. The van der Waals surface area contributed by atoms with Crippen molar-refractivity contribution in [2.75, 3.05) is 11.5 Å². The van der Waals surface area contributed by atoms with Gasteiger partial charge in [-0.15, -0.1) is 0 Å². The van der Waals surface area contributed by atoms with Crippen LogP contribution in [0.2, 0.25) is 0 Å². The SMILES string of the molecule is CCCCCCS(=O)(=O)c1ccc(C(=O)Oc2ccc(OC(=O)c3ccc(S(=O)(=O)CCCCCC)cc3)c(COC(=O)C3CC4C=CC3C4)c2)cc1. The molecule has 2 aliphatic rings. The fraction of sp³-hybridized carbons (Fsp3) is 0.439. The van der Waals surface area contributed by atoms with E-state index in [0.717, 1.165) is 44.9 Å². The van der Waals surface area contributed by atoms with Crippen LogP contribution in [-0.2, 0) is 35.8 Å². The van der Waals surface area contributed by atoms with Crippen LogP contribution in [0.4, 0.5) is 0 Å². The van der Waals surface area contributed by atoms with Gasteiger partial charge < -0.3 is 14.2 Å². The van der Waals surface area contributed by atoms with Crippen molar-refractivity contribution in [2.45, 2.75) is 94.5 Å². The van der Waals surface area contributed by atoms with Crippen LogP contribution in [0.25, 0.3) is 0 Å². The van der Waals surface area contributed by atoms with Gasteiger partial charge in [0.15, 0.2) is 19.7 Å².